The fourth-order valence-corrected chi connectivity index (χ4v) is 0.445. The average molecular weight is 120 g/mol. The molecule has 0 saturated carbocycles. The second-order valence-corrected chi connectivity index (χ2v) is 1.31. The van der Waals surface area contributed by atoms with E-state index in [1.165, 1.54) is 6.33 Å². The lowest BCUT2D eigenvalue weighted by Gasteiger charge is -1.62. The summed E-state index contributed by atoms with van der Waals surface area (Å²) >= 11 is 0. The van der Waals surface area contributed by atoms with Crippen molar-refractivity contribution in [3.8, 4) is 6.07 Å². The summed E-state index contributed by atoms with van der Waals surface area (Å²) in [5.74, 6) is 0.0255. The van der Waals surface area contributed by atoms with E-state index in [9.17, 15) is 0 Å². The van der Waals surface area contributed by atoms with Crippen molar-refractivity contribution in [2.24, 2.45) is 0 Å². The summed E-state index contributed by atoms with van der Waals surface area (Å²) in [4.78, 5) is 8.73. The van der Waals surface area contributed by atoms with E-state index in [0.717, 1.165) is 0 Å². The van der Waals surface area contributed by atoms with Crippen molar-refractivity contribution in [2.75, 3.05) is 0 Å². The van der Waals surface area contributed by atoms with E-state index in [0.29, 0.717) is 0 Å². The molecule has 5 nitrogen and oxygen atoms in total. The van der Waals surface area contributed by atoms with Crippen LogP contribution in [0.1, 0.15) is 5.69 Å². The molecule has 5 heteroatoms. The highest BCUT2D eigenvalue weighted by Crippen LogP contribution is 2.09. The van der Waals surface area contributed by atoms with E-state index in [-0.39, 0.29) is 11.5 Å². The molecule has 0 aliphatic carbocycles. The van der Waals surface area contributed by atoms with Crippen LogP contribution < -0.4 is 0 Å². The fourth-order valence-electron chi connectivity index (χ4n) is 0.445. The molecule has 0 aliphatic rings. The molecular formula is C4H2N5+. The molecule has 0 spiro atoms. The van der Waals surface area contributed by atoms with Gasteiger partial charge in [0.15, 0.2) is 0 Å². The smallest absolute Gasteiger partial charge is 0.308 e. The predicted molar refractivity (Wildman–Crippen MR) is 28.0 cm³/mol. The van der Waals surface area contributed by atoms with Crippen LogP contribution in [0.25, 0.3) is 4.98 Å². The maximum Gasteiger partial charge on any atom is 0.500 e. The van der Waals surface area contributed by atoms with Crippen molar-refractivity contribution in [1.29, 1.82) is 10.7 Å². The fraction of sp³-hybridized carbons (Fsp3) is 0. The molecule has 1 rings (SSSR count). The third-order valence-electron chi connectivity index (χ3n) is 0.826. The molecule has 0 radical (unpaired) electrons. The highest BCUT2D eigenvalue weighted by molar-refractivity contribution is 5.47. The standard InChI is InChI=1S/C4H2N5/c5-1-3-4(9-6)8-2-7-3/h2H,(H,7,8)/q+1. The minimum Gasteiger partial charge on any atom is -0.308 e. The summed E-state index contributed by atoms with van der Waals surface area (Å²) < 4.78 is 0. The monoisotopic (exact) mass is 120 g/mol. The van der Waals surface area contributed by atoms with Crippen molar-refractivity contribution in [1.82, 2.24) is 9.97 Å². The van der Waals surface area contributed by atoms with E-state index in [1.54, 1.807) is 6.07 Å². The molecule has 42 valence electrons. The third-order valence-corrected chi connectivity index (χ3v) is 0.826. The molecule has 1 heterocycles. The Morgan fingerprint density at radius 1 is 1.78 bits per heavy atom. The van der Waals surface area contributed by atoms with Crippen LogP contribution in [0.15, 0.2) is 6.33 Å². The summed E-state index contributed by atoms with van der Waals surface area (Å²) in [6.07, 6.45) is 1.29. The zero-order valence-corrected chi connectivity index (χ0v) is 4.37. The minimum atomic E-state index is 0.0255. The Bertz CT molecular complexity index is 256. The van der Waals surface area contributed by atoms with Gasteiger partial charge in [0.1, 0.15) is 6.07 Å². The van der Waals surface area contributed by atoms with Gasteiger partial charge in [0.05, 0.1) is 5.39 Å². The molecule has 0 aromatic carbocycles. The first-order valence-corrected chi connectivity index (χ1v) is 2.17. The van der Waals surface area contributed by atoms with Crippen molar-refractivity contribution < 1.29 is 0 Å². The molecule has 1 aromatic rings. The first-order chi connectivity index (χ1) is 4.38. The van der Waals surface area contributed by atoms with E-state index in [4.69, 9.17) is 10.7 Å². The van der Waals surface area contributed by atoms with Crippen LogP contribution in [-0.4, -0.2) is 9.97 Å². The van der Waals surface area contributed by atoms with Crippen LogP contribution >= 0.6 is 0 Å². The normalized spacial score (nSPS) is 7.78. The van der Waals surface area contributed by atoms with Gasteiger partial charge < -0.3 is 4.98 Å². The second kappa shape index (κ2) is 1.93. The average Bonchev–Trinajstić information content (AvgIpc) is 2.33. The summed E-state index contributed by atoms with van der Waals surface area (Å²) in [5, 5.41) is 16.4. The van der Waals surface area contributed by atoms with Crippen LogP contribution in [-0.2, 0) is 0 Å². The number of rotatable bonds is 0. The van der Waals surface area contributed by atoms with Gasteiger partial charge >= 0.3 is 5.82 Å². The summed E-state index contributed by atoms with van der Waals surface area (Å²) in [5.41, 5.74) is 0.164. The number of hydrogen-bond donors (Lipinski definition) is 1. The van der Waals surface area contributed by atoms with E-state index in [1.807, 2.05) is 0 Å². The van der Waals surface area contributed by atoms with Gasteiger partial charge in [0.2, 0.25) is 12.0 Å². The Kier molecular flexibility index (Phi) is 1.13. The topological polar surface area (TPSA) is 80.6 Å². The van der Waals surface area contributed by atoms with Gasteiger partial charge in [0, 0.05) is 4.98 Å². The van der Waals surface area contributed by atoms with Crippen LogP contribution in [0.3, 0.4) is 0 Å². The maximum absolute atomic E-state index is 8.25. The predicted octanol–water partition coefficient (Wildman–Crippen LogP) is 0.766. The summed E-state index contributed by atoms with van der Waals surface area (Å²) in [6, 6.07) is 1.75. The first kappa shape index (κ1) is 5.26. The number of aromatic nitrogens is 2. The Morgan fingerprint density at radius 3 is 3.00 bits per heavy atom. The first-order valence-electron chi connectivity index (χ1n) is 2.17. The van der Waals surface area contributed by atoms with Gasteiger partial charge in [-0.1, -0.05) is 0 Å². The number of hydrogen-bond acceptors (Lipinski definition) is 3. The molecule has 1 aromatic heterocycles. The number of diazo groups is 1. The largest absolute Gasteiger partial charge is 0.500 e. The highest BCUT2D eigenvalue weighted by Gasteiger charge is 2.14. The molecule has 0 aliphatic heterocycles. The van der Waals surface area contributed by atoms with Crippen LogP contribution in [0.5, 0.6) is 0 Å². The van der Waals surface area contributed by atoms with Gasteiger partial charge in [-0.2, -0.15) is 5.26 Å². The van der Waals surface area contributed by atoms with Crippen LogP contribution in [0.2, 0.25) is 0 Å². The number of nitrogens with one attached hydrogen (secondary N) is 1. The third kappa shape index (κ3) is 0.707. The number of nitriles is 1. The molecule has 0 atom stereocenters. The Morgan fingerprint density at radius 2 is 2.56 bits per heavy atom. The van der Waals surface area contributed by atoms with Crippen LogP contribution in [0.4, 0.5) is 5.82 Å². The molecule has 9 heavy (non-hydrogen) atoms. The molecule has 1 N–H and O–H groups in total. The Balaban J connectivity index is 3.22. The van der Waals surface area contributed by atoms with Crippen molar-refractivity contribution >= 4 is 5.82 Å². The van der Waals surface area contributed by atoms with E-state index in [2.05, 4.69) is 14.9 Å². The SMILES string of the molecule is N#Cc1[nH]cnc1[N+]#N. The Hall–Kier alpha value is -1.88. The molecule has 0 saturated heterocycles. The van der Waals surface area contributed by atoms with Crippen LogP contribution in [0, 0.1) is 16.7 Å². The lowest BCUT2D eigenvalue weighted by Crippen LogP contribution is -1.67. The summed E-state index contributed by atoms with van der Waals surface area (Å²) in [7, 11) is 0. The quantitative estimate of drug-likeness (QED) is 0.513. The van der Waals surface area contributed by atoms with Gasteiger partial charge in [-0.25, -0.2) is 0 Å². The van der Waals surface area contributed by atoms with Crippen molar-refractivity contribution in [3.05, 3.63) is 17.0 Å². The van der Waals surface area contributed by atoms with Gasteiger partial charge in [-0.15, -0.1) is 0 Å². The molecule has 0 fully saturated rings. The minimum absolute atomic E-state index is 0.0255. The second-order valence-electron chi connectivity index (χ2n) is 1.31. The number of aromatic amines is 1. The lowest BCUT2D eigenvalue weighted by molar-refractivity contribution is 1.29. The lowest BCUT2D eigenvalue weighted by atomic mass is 10.5. The van der Waals surface area contributed by atoms with E-state index >= 15 is 0 Å². The number of imidazole rings is 1. The molecular weight excluding hydrogens is 118 g/mol. The van der Waals surface area contributed by atoms with Crippen molar-refractivity contribution in [3.63, 3.8) is 0 Å². The van der Waals surface area contributed by atoms with Gasteiger partial charge in [0.25, 0.3) is 0 Å². The van der Waals surface area contributed by atoms with Crippen molar-refractivity contribution in [2.45, 2.75) is 0 Å². The molecule has 0 amide bonds. The Labute approximate surface area is 50.6 Å². The number of nitrogens with zero attached hydrogens (tertiary/aromatic N) is 4. The van der Waals surface area contributed by atoms with Gasteiger partial charge in [-0.3, -0.25) is 0 Å². The maximum atomic E-state index is 8.25. The van der Waals surface area contributed by atoms with E-state index < -0.39 is 0 Å². The zero-order chi connectivity index (χ0) is 6.69. The zero-order valence-electron chi connectivity index (χ0n) is 4.37. The highest BCUT2D eigenvalue weighted by atomic mass is 15.0. The van der Waals surface area contributed by atoms with Gasteiger partial charge in [-0.05, 0) is 4.98 Å². The number of H-pyrrole nitrogens is 1. The molecule has 0 unspecified atom stereocenters. The molecule has 0 bridgehead atoms. The summed E-state index contributed by atoms with van der Waals surface area (Å²) in [6.45, 7) is 0.